The van der Waals surface area contributed by atoms with Crippen LogP contribution in [0.4, 0.5) is 0 Å². The van der Waals surface area contributed by atoms with E-state index < -0.39 is 17.9 Å². The molecule has 0 spiro atoms. The van der Waals surface area contributed by atoms with Gasteiger partial charge in [-0.15, -0.1) is 0 Å². The fourth-order valence-corrected chi connectivity index (χ4v) is 1.90. The molecule has 0 aromatic heterocycles. The predicted molar refractivity (Wildman–Crippen MR) is 72.8 cm³/mol. The lowest BCUT2D eigenvalue weighted by Crippen LogP contribution is -2.46. The smallest absolute Gasteiger partial charge is 0.328 e. The number of esters is 1. The highest BCUT2D eigenvalue weighted by atomic mass is 16.5. The number of rotatable bonds is 5. The lowest BCUT2D eigenvalue weighted by atomic mass is 10.0. The van der Waals surface area contributed by atoms with Crippen LogP contribution in [0.2, 0.25) is 0 Å². The van der Waals surface area contributed by atoms with Gasteiger partial charge in [-0.1, -0.05) is 13.8 Å². The molecule has 1 rings (SSSR count). The highest BCUT2D eigenvalue weighted by Crippen LogP contribution is 2.09. The first kappa shape index (κ1) is 16.1. The number of hydrogen-bond acceptors (Lipinski definition) is 5. The van der Waals surface area contributed by atoms with Gasteiger partial charge in [0.25, 0.3) is 5.91 Å². The van der Waals surface area contributed by atoms with E-state index >= 15 is 0 Å². The molecular weight excluding hydrogens is 262 g/mol. The van der Waals surface area contributed by atoms with Crippen molar-refractivity contribution >= 4 is 23.5 Å². The third-order valence-electron chi connectivity index (χ3n) is 2.97. The maximum atomic E-state index is 12.1. The first-order chi connectivity index (χ1) is 9.35. The van der Waals surface area contributed by atoms with E-state index in [1.54, 1.807) is 0 Å². The SMILES string of the molecule is COC(=O)[C@@H](CC(C)C)NC(=O)C1=NN(C)C(=O)CC1. The van der Waals surface area contributed by atoms with Crippen molar-refractivity contribution in [3.05, 3.63) is 0 Å². The third-order valence-corrected chi connectivity index (χ3v) is 2.97. The van der Waals surface area contributed by atoms with Crippen molar-refractivity contribution in [1.29, 1.82) is 0 Å². The average Bonchev–Trinajstić information content (AvgIpc) is 2.39. The number of hydrogen-bond donors (Lipinski definition) is 1. The molecule has 1 atom stereocenters. The second-order valence-corrected chi connectivity index (χ2v) is 5.14. The van der Waals surface area contributed by atoms with E-state index in [1.165, 1.54) is 14.2 Å². The molecule has 0 aromatic rings. The van der Waals surface area contributed by atoms with Crippen LogP contribution in [0.5, 0.6) is 0 Å². The molecule has 7 heteroatoms. The van der Waals surface area contributed by atoms with Gasteiger partial charge in [0.1, 0.15) is 11.8 Å². The van der Waals surface area contributed by atoms with Crippen LogP contribution in [0.25, 0.3) is 0 Å². The number of carbonyl (C=O) groups excluding carboxylic acids is 3. The summed E-state index contributed by atoms with van der Waals surface area (Å²) in [6.45, 7) is 3.90. The Morgan fingerprint density at radius 3 is 2.55 bits per heavy atom. The van der Waals surface area contributed by atoms with Crippen LogP contribution in [0.1, 0.15) is 33.1 Å². The summed E-state index contributed by atoms with van der Waals surface area (Å²) in [5, 5.41) is 7.69. The van der Waals surface area contributed by atoms with E-state index in [0.29, 0.717) is 6.42 Å². The van der Waals surface area contributed by atoms with Gasteiger partial charge in [-0.05, 0) is 12.3 Å². The zero-order chi connectivity index (χ0) is 15.3. The summed E-state index contributed by atoms with van der Waals surface area (Å²) >= 11 is 0. The van der Waals surface area contributed by atoms with Gasteiger partial charge in [0.2, 0.25) is 5.91 Å². The molecule has 0 fully saturated rings. The van der Waals surface area contributed by atoms with Crippen molar-refractivity contribution in [2.24, 2.45) is 11.0 Å². The van der Waals surface area contributed by atoms with Crippen LogP contribution in [0.15, 0.2) is 5.10 Å². The van der Waals surface area contributed by atoms with Crippen molar-refractivity contribution in [2.75, 3.05) is 14.2 Å². The molecule has 1 N–H and O–H groups in total. The quantitative estimate of drug-likeness (QED) is 0.735. The lowest BCUT2D eigenvalue weighted by molar-refractivity contribution is -0.145. The Labute approximate surface area is 118 Å². The van der Waals surface area contributed by atoms with Gasteiger partial charge in [0, 0.05) is 19.9 Å². The normalized spacial score (nSPS) is 16.8. The van der Waals surface area contributed by atoms with E-state index in [4.69, 9.17) is 0 Å². The monoisotopic (exact) mass is 283 g/mol. The summed E-state index contributed by atoms with van der Waals surface area (Å²) in [7, 11) is 2.78. The molecule has 0 saturated heterocycles. The molecule has 112 valence electrons. The number of hydrazone groups is 1. The number of methoxy groups -OCH3 is 1. The van der Waals surface area contributed by atoms with Crippen molar-refractivity contribution in [2.45, 2.75) is 39.2 Å². The number of amides is 2. The summed E-state index contributed by atoms with van der Waals surface area (Å²) in [4.78, 5) is 35.0. The number of nitrogens with one attached hydrogen (secondary N) is 1. The molecular formula is C13H21N3O4. The summed E-state index contributed by atoms with van der Waals surface area (Å²) in [5.41, 5.74) is 0.254. The molecule has 0 aliphatic carbocycles. The molecule has 0 unspecified atom stereocenters. The molecule has 0 saturated carbocycles. The summed E-state index contributed by atoms with van der Waals surface area (Å²) in [5.74, 6) is -0.807. The molecule has 0 bridgehead atoms. The lowest BCUT2D eigenvalue weighted by Gasteiger charge is -2.22. The van der Waals surface area contributed by atoms with Crippen LogP contribution in [-0.4, -0.2) is 48.7 Å². The van der Waals surface area contributed by atoms with E-state index in [-0.39, 0.29) is 30.4 Å². The van der Waals surface area contributed by atoms with Crippen LogP contribution >= 0.6 is 0 Å². The van der Waals surface area contributed by atoms with E-state index in [2.05, 4.69) is 15.2 Å². The Hall–Kier alpha value is -1.92. The Morgan fingerprint density at radius 1 is 1.40 bits per heavy atom. The third kappa shape index (κ3) is 4.32. The van der Waals surface area contributed by atoms with E-state index in [9.17, 15) is 14.4 Å². The van der Waals surface area contributed by atoms with Gasteiger partial charge in [-0.3, -0.25) is 9.59 Å². The minimum absolute atomic E-state index is 0.131. The fourth-order valence-electron chi connectivity index (χ4n) is 1.90. The van der Waals surface area contributed by atoms with Crippen molar-refractivity contribution in [1.82, 2.24) is 10.3 Å². The Balaban J connectivity index is 2.73. The zero-order valence-corrected chi connectivity index (χ0v) is 12.3. The van der Waals surface area contributed by atoms with Crippen molar-refractivity contribution < 1.29 is 19.1 Å². The largest absolute Gasteiger partial charge is 0.467 e. The summed E-state index contributed by atoms with van der Waals surface area (Å²) in [6.07, 6.45) is 1.01. The predicted octanol–water partition coefficient (Wildman–Crippen LogP) is 0.298. The van der Waals surface area contributed by atoms with Crippen molar-refractivity contribution in [3.8, 4) is 0 Å². The molecule has 0 radical (unpaired) electrons. The second kappa shape index (κ2) is 7.02. The molecule has 2 amide bonds. The zero-order valence-electron chi connectivity index (χ0n) is 12.3. The summed E-state index contributed by atoms with van der Waals surface area (Å²) < 4.78 is 4.68. The highest BCUT2D eigenvalue weighted by molar-refractivity contribution is 6.39. The van der Waals surface area contributed by atoms with Gasteiger partial charge >= 0.3 is 5.97 Å². The van der Waals surface area contributed by atoms with Gasteiger partial charge < -0.3 is 10.1 Å². The Morgan fingerprint density at radius 2 is 2.05 bits per heavy atom. The first-order valence-corrected chi connectivity index (χ1v) is 6.57. The molecule has 7 nitrogen and oxygen atoms in total. The molecule has 1 aliphatic heterocycles. The second-order valence-electron chi connectivity index (χ2n) is 5.14. The van der Waals surface area contributed by atoms with Crippen LogP contribution in [0, 0.1) is 5.92 Å². The van der Waals surface area contributed by atoms with E-state index in [0.717, 1.165) is 5.01 Å². The van der Waals surface area contributed by atoms with Gasteiger partial charge in [-0.2, -0.15) is 5.10 Å². The van der Waals surface area contributed by atoms with Gasteiger partial charge in [-0.25, -0.2) is 9.80 Å². The average molecular weight is 283 g/mol. The maximum Gasteiger partial charge on any atom is 0.328 e. The maximum absolute atomic E-state index is 12.1. The van der Waals surface area contributed by atoms with Crippen LogP contribution in [0.3, 0.4) is 0 Å². The van der Waals surface area contributed by atoms with Crippen LogP contribution < -0.4 is 5.32 Å². The topological polar surface area (TPSA) is 88.1 Å². The molecule has 20 heavy (non-hydrogen) atoms. The van der Waals surface area contributed by atoms with Crippen molar-refractivity contribution in [3.63, 3.8) is 0 Å². The number of nitrogens with zero attached hydrogens (tertiary/aromatic N) is 2. The molecule has 0 aromatic carbocycles. The van der Waals surface area contributed by atoms with Crippen LogP contribution in [-0.2, 0) is 19.1 Å². The first-order valence-electron chi connectivity index (χ1n) is 6.57. The standard InChI is InChI=1S/C13H21N3O4/c1-8(2)7-10(13(19)20-4)14-12(18)9-5-6-11(17)16(3)15-9/h8,10H,5-7H2,1-4H3,(H,14,18)/t10-/m1/s1. The van der Waals surface area contributed by atoms with Gasteiger partial charge in [0.05, 0.1) is 7.11 Å². The minimum atomic E-state index is -0.696. The Kier molecular flexibility index (Phi) is 5.66. The minimum Gasteiger partial charge on any atom is -0.467 e. The number of carbonyl (C=O) groups is 3. The van der Waals surface area contributed by atoms with Gasteiger partial charge in [0.15, 0.2) is 0 Å². The van der Waals surface area contributed by atoms with E-state index in [1.807, 2.05) is 13.8 Å². The highest BCUT2D eigenvalue weighted by Gasteiger charge is 2.27. The molecule has 1 aliphatic rings. The fraction of sp³-hybridized carbons (Fsp3) is 0.692. The Bertz CT molecular complexity index is 431. The molecule has 1 heterocycles. The summed E-state index contributed by atoms with van der Waals surface area (Å²) in [6, 6.07) is -0.696. The number of ether oxygens (including phenoxy) is 1.